The van der Waals surface area contributed by atoms with Crippen molar-refractivity contribution in [1.29, 1.82) is 5.26 Å². The zero-order valence-corrected chi connectivity index (χ0v) is 9.32. The Hall–Kier alpha value is -1.60. The first kappa shape index (κ1) is 12.5. The predicted molar refractivity (Wildman–Crippen MR) is 63.0 cm³/mol. The van der Waals surface area contributed by atoms with Gasteiger partial charge in [-0.25, -0.2) is 4.98 Å². The van der Waals surface area contributed by atoms with E-state index < -0.39 is 0 Å². The van der Waals surface area contributed by atoms with E-state index in [4.69, 9.17) is 10.4 Å². The zero-order valence-electron chi connectivity index (χ0n) is 9.32. The number of aliphatic hydroxyl groups is 1. The molecule has 0 aliphatic heterocycles. The number of hydrogen-bond donors (Lipinski definition) is 2. The summed E-state index contributed by atoms with van der Waals surface area (Å²) in [5, 5.41) is 20.5. The van der Waals surface area contributed by atoms with Crippen LogP contribution in [-0.4, -0.2) is 23.2 Å². The van der Waals surface area contributed by atoms with Crippen LogP contribution < -0.4 is 5.32 Å². The van der Waals surface area contributed by atoms with Crippen LogP contribution >= 0.6 is 0 Å². The van der Waals surface area contributed by atoms with Gasteiger partial charge in [-0.05, 0) is 25.0 Å². The van der Waals surface area contributed by atoms with Gasteiger partial charge < -0.3 is 10.4 Å². The molecule has 0 aliphatic carbocycles. The van der Waals surface area contributed by atoms with Crippen molar-refractivity contribution in [3.8, 4) is 6.07 Å². The molecule has 1 aromatic rings. The van der Waals surface area contributed by atoms with Crippen molar-refractivity contribution in [2.45, 2.75) is 25.7 Å². The fourth-order valence-electron chi connectivity index (χ4n) is 1.42. The number of pyridine rings is 1. The van der Waals surface area contributed by atoms with Crippen molar-refractivity contribution < 1.29 is 5.11 Å². The van der Waals surface area contributed by atoms with E-state index >= 15 is 0 Å². The van der Waals surface area contributed by atoms with E-state index in [-0.39, 0.29) is 6.61 Å². The summed E-state index contributed by atoms with van der Waals surface area (Å²) in [6.45, 7) is 1.17. The molecule has 16 heavy (non-hydrogen) atoms. The van der Waals surface area contributed by atoms with Gasteiger partial charge in [0.2, 0.25) is 0 Å². The first-order valence-corrected chi connectivity index (χ1v) is 5.57. The Morgan fingerprint density at radius 1 is 1.31 bits per heavy atom. The van der Waals surface area contributed by atoms with E-state index in [9.17, 15) is 0 Å². The Bertz CT molecular complexity index is 346. The SMILES string of the molecule is N#Cc1cc(NCCCCCCO)ccn1. The van der Waals surface area contributed by atoms with Crippen molar-refractivity contribution in [2.24, 2.45) is 0 Å². The van der Waals surface area contributed by atoms with E-state index in [1.54, 1.807) is 12.3 Å². The molecule has 0 unspecified atom stereocenters. The average molecular weight is 219 g/mol. The minimum Gasteiger partial charge on any atom is -0.396 e. The number of nitrogens with one attached hydrogen (secondary N) is 1. The smallest absolute Gasteiger partial charge is 0.142 e. The lowest BCUT2D eigenvalue weighted by Gasteiger charge is -2.05. The van der Waals surface area contributed by atoms with Crippen molar-refractivity contribution in [1.82, 2.24) is 4.98 Å². The molecule has 1 rings (SSSR count). The van der Waals surface area contributed by atoms with Crippen molar-refractivity contribution >= 4 is 5.69 Å². The Kier molecular flexibility index (Phi) is 5.97. The molecule has 0 saturated carbocycles. The van der Waals surface area contributed by atoms with E-state index in [2.05, 4.69) is 10.3 Å². The number of aromatic nitrogens is 1. The van der Waals surface area contributed by atoms with Gasteiger partial charge in [0.1, 0.15) is 11.8 Å². The standard InChI is InChI=1S/C12H17N3O/c13-10-12-9-11(5-7-15-12)14-6-3-1-2-4-8-16/h5,7,9,16H,1-4,6,8H2,(H,14,15). The lowest BCUT2D eigenvalue weighted by Crippen LogP contribution is -2.02. The molecule has 0 aromatic carbocycles. The Morgan fingerprint density at radius 2 is 2.12 bits per heavy atom. The summed E-state index contributed by atoms with van der Waals surface area (Å²) in [6, 6.07) is 5.61. The average Bonchev–Trinajstić information content (AvgIpc) is 2.34. The van der Waals surface area contributed by atoms with Crippen molar-refractivity contribution in [3.63, 3.8) is 0 Å². The molecule has 0 spiro atoms. The maximum Gasteiger partial charge on any atom is 0.142 e. The maximum absolute atomic E-state index is 8.67. The minimum atomic E-state index is 0.281. The third kappa shape index (κ3) is 4.76. The van der Waals surface area contributed by atoms with Crippen LogP contribution in [-0.2, 0) is 0 Å². The van der Waals surface area contributed by atoms with Crippen molar-refractivity contribution in [2.75, 3.05) is 18.5 Å². The highest BCUT2D eigenvalue weighted by atomic mass is 16.2. The predicted octanol–water partition coefficient (Wildman–Crippen LogP) is 1.92. The number of aliphatic hydroxyl groups excluding tert-OH is 1. The van der Waals surface area contributed by atoms with Crippen LogP contribution in [0.5, 0.6) is 0 Å². The molecule has 86 valence electrons. The van der Waals surface area contributed by atoms with Gasteiger partial charge in [0.15, 0.2) is 0 Å². The molecular weight excluding hydrogens is 202 g/mol. The molecule has 0 fully saturated rings. The molecule has 0 amide bonds. The zero-order chi connectivity index (χ0) is 11.6. The van der Waals surface area contributed by atoms with E-state index in [0.717, 1.165) is 37.9 Å². The number of hydrogen-bond acceptors (Lipinski definition) is 4. The summed E-state index contributed by atoms with van der Waals surface area (Å²) in [7, 11) is 0. The number of unbranched alkanes of at least 4 members (excludes halogenated alkanes) is 3. The Balaban J connectivity index is 2.19. The van der Waals surface area contributed by atoms with Gasteiger partial charge in [-0.3, -0.25) is 0 Å². The third-order valence-electron chi connectivity index (χ3n) is 2.29. The van der Waals surface area contributed by atoms with Gasteiger partial charge in [-0.1, -0.05) is 12.8 Å². The lowest BCUT2D eigenvalue weighted by atomic mass is 10.2. The second-order valence-corrected chi connectivity index (χ2v) is 3.61. The van der Waals surface area contributed by atoms with Gasteiger partial charge in [-0.2, -0.15) is 5.26 Å². The highest BCUT2D eigenvalue weighted by molar-refractivity contribution is 5.45. The number of nitriles is 1. The van der Waals surface area contributed by atoms with Crippen LogP contribution in [0.15, 0.2) is 18.3 Å². The molecule has 1 aromatic heterocycles. The third-order valence-corrected chi connectivity index (χ3v) is 2.29. The Labute approximate surface area is 95.9 Å². The fourth-order valence-corrected chi connectivity index (χ4v) is 1.42. The summed E-state index contributed by atoms with van der Waals surface area (Å²) >= 11 is 0. The van der Waals surface area contributed by atoms with Crippen LogP contribution in [0.2, 0.25) is 0 Å². The quantitative estimate of drug-likeness (QED) is 0.687. The van der Waals surface area contributed by atoms with Crippen LogP contribution in [0.25, 0.3) is 0 Å². The molecule has 0 radical (unpaired) electrons. The first-order chi connectivity index (χ1) is 7.86. The molecule has 0 atom stereocenters. The summed E-state index contributed by atoms with van der Waals surface area (Å²) in [6.07, 6.45) is 5.77. The molecule has 1 heterocycles. The summed E-state index contributed by atoms with van der Waals surface area (Å²) < 4.78 is 0. The molecule has 4 heteroatoms. The van der Waals surface area contributed by atoms with Gasteiger partial charge >= 0.3 is 0 Å². The van der Waals surface area contributed by atoms with Crippen LogP contribution in [0.4, 0.5) is 5.69 Å². The first-order valence-electron chi connectivity index (χ1n) is 5.57. The fraction of sp³-hybridized carbons (Fsp3) is 0.500. The van der Waals surface area contributed by atoms with E-state index in [1.807, 2.05) is 12.1 Å². The minimum absolute atomic E-state index is 0.281. The molecule has 0 aliphatic rings. The van der Waals surface area contributed by atoms with E-state index in [1.165, 1.54) is 0 Å². The Morgan fingerprint density at radius 3 is 2.88 bits per heavy atom. The molecular formula is C12H17N3O. The lowest BCUT2D eigenvalue weighted by molar-refractivity contribution is 0.283. The molecule has 2 N–H and O–H groups in total. The van der Waals surface area contributed by atoms with Gasteiger partial charge in [0.05, 0.1) is 0 Å². The van der Waals surface area contributed by atoms with Crippen LogP contribution in [0.3, 0.4) is 0 Å². The highest BCUT2D eigenvalue weighted by Gasteiger charge is 1.95. The monoisotopic (exact) mass is 219 g/mol. The summed E-state index contributed by atoms with van der Waals surface area (Å²) in [4.78, 5) is 3.90. The van der Waals surface area contributed by atoms with Gasteiger partial charge in [0, 0.05) is 25.0 Å². The largest absolute Gasteiger partial charge is 0.396 e. The number of rotatable bonds is 7. The van der Waals surface area contributed by atoms with Crippen LogP contribution in [0.1, 0.15) is 31.4 Å². The normalized spacial score (nSPS) is 9.75. The molecule has 0 bridgehead atoms. The van der Waals surface area contributed by atoms with Gasteiger partial charge in [0.25, 0.3) is 0 Å². The molecule has 4 nitrogen and oxygen atoms in total. The van der Waals surface area contributed by atoms with Crippen molar-refractivity contribution in [3.05, 3.63) is 24.0 Å². The van der Waals surface area contributed by atoms with Gasteiger partial charge in [-0.15, -0.1) is 0 Å². The van der Waals surface area contributed by atoms with E-state index in [0.29, 0.717) is 5.69 Å². The van der Waals surface area contributed by atoms with Crippen LogP contribution in [0, 0.1) is 11.3 Å². The molecule has 0 saturated heterocycles. The number of nitrogens with zero attached hydrogens (tertiary/aromatic N) is 2. The topological polar surface area (TPSA) is 68.9 Å². The second kappa shape index (κ2) is 7.66. The second-order valence-electron chi connectivity index (χ2n) is 3.61. The summed E-state index contributed by atoms with van der Waals surface area (Å²) in [5.41, 5.74) is 1.37. The maximum atomic E-state index is 8.67. The number of anilines is 1. The summed E-state index contributed by atoms with van der Waals surface area (Å²) in [5.74, 6) is 0. The highest BCUT2D eigenvalue weighted by Crippen LogP contribution is 2.08.